The van der Waals surface area contributed by atoms with E-state index >= 15 is 0 Å². The number of hydrogen-bond acceptors (Lipinski definition) is 5. The molecule has 0 saturated heterocycles. The van der Waals surface area contributed by atoms with Crippen molar-refractivity contribution >= 4 is 29.3 Å². The molecule has 0 spiro atoms. The topological polar surface area (TPSA) is 80.1 Å². The molecule has 43 heavy (non-hydrogen) atoms. The summed E-state index contributed by atoms with van der Waals surface area (Å²) in [5, 5.41) is 10.5. The second-order valence-corrected chi connectivity index (χ2v) is 10.5. The van der Waals surface area contributed by atoms with Crippen molar-refractivity contribution in [3.8, 4) is 5.69 Å². The third-order valence-corrected chi connectivity index (χ3v) is 7.67. The van der Waals surface area contributed by atoms with Crippen LogP contribution < -0.4 is 10.2 Å². The van der Waals surface area contributed by atoms with E-state index in [4.69, 9.17) is 0 Å². The van der Waals surface area contributed by atoms with Gasteiger partial charge in [-0.1, -0.05) is 48.2 Å². The Morgan fingerprint density at radius 1 is 0.884 bits per heavy atom. The molecule has 0 fully saturated rings. The smallest absolute Gasteiger partial charge is 0.345 e. The minimum atomic E-state index is -4.78. The number of aromatic nitrogens is 3. The fourth-order valence-electron chi connectivity index (χ4n) is 4.77. The molecule has 224 valence electrons. The SMILES string of the molecule is O=C(NCc1nnc(SCC(=O)N2CCCc3ccccc32)n1-c1cccc(C(F)(F)F)c1)c1ccccc1C(F)(F)F. The predicted molar refractivity (Wildman–Crippen MR) is 147 cm³/mol. The molecule has 0 bridgehead atoms. The summed E-state index contributed by atoms with van der Waals surface area (Å²) in [5.41, 5.74) is -0.892. The van der Waals surface area contributed by atoms with Crippen LogP contribution in [0.2, 0.25) is 0 Å². The van der Waals surface area contributed by atoms with E-state index in [9.17, 15) is 35.9 Å². The van der Waals surface area contributed by atoms with Gasteiger partial charge < -0.3 is 10.2 Å². The van der Waals surface area contributed by atoms with E-state index in [0.717, 1.165) is 66.2 Å². The first kappa shape index (κ1) is 30.1. The number of rotatable bonds is 7. The molecule has 3 aromatic carbocycles. The monoisotopic (exact) mass is 619 g/mol. The first-order valence-electron chi connectivity index (χ1n) is 13.0. The second-order valence-electron chi connectivity index (χ2n) is 9.57. The summed E-state index contributed by atoms with van der Waals surface area (Å²) in [5.74, 6) is -1.46. The maximum atomic E-state index is 13.5. The van der Waals surface area contributed by atoms with Gasteiger partial charge in [0.15, 0.2) is 11.0 Å². The highest BCUT2D eigenvalue weighted by molar-refractivity contribution is 7.99. The number of amides is 2. The Balaban J connectivity index is 1.42. The van der Waals surface area contributed by atoms with Crippen molar-refractivity contribution < 1.29 is 35.9 Å². The van der Waals surface area contributed by atoms with Crippen molar-refractivity contribution in [3.05, 3.63) is 101 Å². The second kappa shape index (κ2) is 12.1. The van der Waals surface area contributed by atoms with Crippen molar-refractivity contribution in [3.63, 3.8) is 0 Å². The van der Waals surface area contributed by atoms with E-state index in [1.807, 2.05) is 24.3 Å². The number of para-hydroxylation sites is 1. The Bertz CT molecular complexity index is 1650. The molecule has 1 N–H and O–H groups in total. The van der Waals surface area contributed by atoms with Crippen LogP contribution in [0.3, 0.4) is 0 Å². The molecule has 0 aliphatic carbocycles. The van der Waals surface area contributed by atoms with Crippen molar-refractivity contribution in [1.29, 1.82) is 0 Å². The van der Waals surface area contributed by atoms with Gasteiger partial charge in [0.2, 0.25) is 5.91 Å². The number of carbonyl (C=O) groups is 2. The van der Waals surface area contributed by atoms with Crippen molar-refractivity contribution in [1.82, 2.24) is 20.1 Å². The molecule has 2 amide bonds. The third-order valence-electron chi connectivity index (χ3n) is 6.75. The zero-order valence-corrected chi connectivity index (χ0v) is 23.1. The lowest BCUT2D eigenvalue weighted by Gasteiger charge is -2.29. The molecule has 0 saturated carbocycles. The first-order valence-corrected chi connectivity index (χ1v) is 14.0. The van der Waals surface area contributed by atoms with Crippen molar-refractivity contribution in [2.75, 3.05) is 17.2 Å². The molecular weight excluding hydrogens is 596 g/mol. The Morgan fingerprint density at radius 3 is 2.40 bits per heavy atom. The first-order chi connectivity index (χ1) is 20.4. The summed E-state index contributed by atoms with van der Waals surface area (Å²) in [7, 11) is 0. The van der Waals surface area contributed by atoms with Crippen LogP contribution in [0.15, 0.2) is 78.0 Å². The van der Waals surface area contributed by atoms with Crippen LogP contribution >= 0.6 is 11.8 Å². The van der Waals surface area contributed by atoms with Crippen molar-refractivity contribution in [2.24, 2.45) is 0 Å². The lowest BCUT2D eigenvalue weighted by molar-refractivity contribution is -0.138. The maximum absolute atomic E-state index is 13.5. The van der Waals surface area contributed by atoms with Crippen LogP contribution in [0.1, 0.15) is 39.3 Å². The molecule has 4 aromatic rings. The number of aryl methyl sites for hydroxylation is 1. The lowest BCUT2D eigenvalue weighted by atomic mass is 10.0. The Labute approximate surface area is 245 Å². The number of hydrogen-bond donors (Lipinski definition) is 1. The highest BCUT2D eigenvalue weighted by atomic mass is 32.2. The molecule has 1 aromatic heterocycles. The van der Waals surface area contributed by atoms with Gasteiger partial charge in [-0.15, -0.1) is 10.2 Å². The summed E-state index contributed by atoms with van der Waals surface area (Å²) in [6.45, 7) is 0.0513. The Hall–Kier alpha value is -4.33. The third kappa shape index (κ3) is 6.69. The molecular formula is C29H23F6N5O2S. The van der Waals surface area contributed by atoms with Gasteiger partial charge in [-0.05, 0) is 54.8 Å². The number of alkyl halides is 6. The van der Waals surface area contributed by atoms with Crippen LogP contribution in [-0.4, -0.2) is 38.9 Å². The van der Waals surface area contributed by atoms with Crippen LogP contribution in [-0.2, 0) is 30.1 Å². The Kier molecular flexibility index (Phi) is 8.49. The molecule has 5 rings (SSSR count). The number of halogens is 6. The molecule has 0 unspecified atom stereocenters. The summed E-state index contributed by atoms with van der Waals surface area (Å²) < 4.78 is 82.1. The van der Waals surface area contributed by atoms with E-state index in [2.05, 4.69) is 15.5 Å². The van der Waals surface area contributed by atoms with Crippen LogP contribution in [0.4, 0.5) is 32.0 Å². The number of carbonyl (C=O) groups excluding carboxylic acids is 2. The molecule has 1 aliphatic rings. The maximum Gasteiger partial charge on any atom is 0.417 e. The number of thioether (sulfide) groups is 1. The van der Waals surface area contributed by atoms with Gasteiger partial charge in [0.25, 0.3) is 5.91 Å². The van der Waals surface area contributed by atoms with Gasteiger partial charge in [-0.25, -0.2) is 0 Å². The van der Waals surface area contributed by atoms with E-state index < -0.39 is 41.5 Å². The van der Waals surface area contributed by atoms with E-state index in [-0.39, 0.29) is 28.3 Å². The largest absolute Gasteiger partial charge is 0.417 e. The van der Waals surface area contributed by atoms with E-state index in [1.54, 1.807) is 4.90 Å². The number of nitrogens with zero attached hydrogens (tertiary/aromatic N) is 4. The number of benzene rings is 3. The highest BCUT2D eigenvalue weighted by Crippen LogP contribution is 2.34. The molecule has 1 aliphatic heterocycles. The van der Waals surface area contributed by atoms with Gasteiger partial charge in [0.1, 0.15) is 0 Å². The molecule has 0 atom stereocenters. The lowest BCUT2D eigenvalue weighted by Crippen LogP contribution is -2.36. The molecule has 0 radical (unpaired) electrons. The zero-order chi connectivity index (χ0) is 30.8. The number of anilines is 1. The van der Waals surface area contributed by atoms with Crippen molar-refractivity contribution in [2.45, 2.75) is 36.9 Å². The minimum Gasteiger partial charge on any atom is -0.345 e. The normalized spacial score (nSPS) is 13.5. The average molecular weight is 620 g/mol. The summed E-state index contributed by atoms with van der Waals surface area (Å²) in [4.78, 5) is 27.6. The summed E-state index contributed by atoms with van der Waals surface area (Å²) in [6, 6.07) is 16.0. The summed E-state index contributed by atoms with van der Waals surface area (Å²) in [6.07, 6.45) is -7.84. The van der Waals surface area contributed by atoms with E-state index in [1.165, 1.54) is 22.8 Å². The Morgan fingerprint density at radius 2 is 1.63 bits per heavy atom. The standard InChI is InChI=1S/C29H23F6N5O2S/c30-28(31,32)19-9-5-10-20(15-19)40-24(16-36-26(42)21-11-2-3-12-22(21)29(33,34)35)37-38-27(40)43-17-25(41)39-14-6-8-18-7-1-4-13-23(18)39/h1-5,7,9-13,15H,6,8,14,16-17H2,(H,36,42). The van der Waals surface area contributed by atoms with Gasteiger partial charge >= 0.3 is 12.4 Å². The number of fused-ring (bicyclic) bond motifs is 1. The van der Waals surface area contributed by atoms with Gasteiger partial charge in [-0.3, -0.25) is 14.2 Å². The van der Waals surface area contributed by atoms with Gasteiger partial charge in [-0.2, -0.15) is 26.3 Å². The fraction of sp³-hybridized carbons (Fsp3) is 0.241. The molecule has 2 heterocycles. The summed E-state index contributed by atoms with van der Waals surface area (Å²) >= 11 is 0.944. The van der Waals surface area contributed by atoms with Crippen LogP contribution in [0.5, 0.6) is 0 Å². The predicted octanol–water partition coefficient (Wildman–Crippen LogP) is 6.31. The zero-order valence-electron chi connectivity index (χ0n) is 22.2. The molecule has 7 nitrogen and oxygen atoms in total. The highest BCUT2D eigenvalue weighted by Gasteiger charge is 2.35. The van der Waals surface area contributed by atoms with Crippen LogP contribution in [0, 0.1) is 0 Å². The molecule has 14 heteroatoms. The minimum absolute atomic E-state index is 0.00182. The number of nitrogens with one attached hydrogen (secondary N) is 1. The van der Waals surface area contributed by atoms with Gasteiger partial charge in [0, 0.05) is 12.2 Å². The fourth-order valence-corrected chi connectivity index (χ4v) is 5.62. The quantitative estimate of drug-likeness (QED) is 0.194. The van der Waals surface area contributed by atoms with E-state index in [0.29, 0.717) is 6.54 Å². The van der Waals surface area contributed by atoms with Crippen LogP contribution in [0.25, 0.3) is 5.69 Å². The average Bonchev–Trinajstić information content (AvgIpc) is 3.40. The van der Waals surface area contributed by atoms with Gasteiger partial charge in [0.05, 0.1) is 34.7 Å².